The summed E-state index contributed by atoms with van der Waals surface area (Å²) >= 11 is 0. The smallest absolute Gasteiger partial charge is 0.182 e. The van der Waals surface area contributed by atoms with Crippen molar-refractivity contribution in [2.45, 2.75) is 20.8 Å². The topological polar surface area (TPSA) is 77.3 Å². The fourth-order valence-corrected chi connectivity index (χ4v) is 3.49. The Kier molecular flexibility index (Phi) is 4.86. The fourth-order valence-electron chi connectivity index (χ4n) is 3.49. The lowest BCUT2D eigenvalue weighted by atomic mass is 10.1. The van der Waals surface area contributed by atoms with Crippen LogP contribution in [-0.4, -0.2) is 29.9 Å². The summed E-state index contributed by atoms with van der Waals surface area (Å²) in [4.78, 5) is 27.2. The maximum Gasteiger partial charge on any atom is 0.182 e. The van der Waals surface area contributed by atoms with Crippen molar-refractivity contribution in [1.82, 2.24) is 29.9 Å². The van der Waals surface area contributed by atoms with E-state index in [0.29, 0.717) is 28.2 Å². The molecule has 5 rings (SSSR count). The van der Waals surface area contributed by atoms with Crippen LogP contribution in [0.15, 0.2) is 61.1 Å². The Morgan fingerprint density at radius 1 is 0.719 bits per heavy atom. The first-order chi connectivity index (χ1) is 15.5. The van der Waals surface area contributed by atoms with Gasteiger partial charge in [-0.15, -0.1) is 0 Å². The van der Waals surface area contributed by atoms with E-state index in [9.17, 15) is 4.39 Å². The van der Waals surface area contributed by atoms with Crippen LogP contribution in [-0.2, 0) is 0 Å². The number of hydrogen-bond acceptors (Lipinski definition) is 6. The van der Waals surface area contributed by atoms with E-state index >= 15 is 0 Å². The third-order valence-electron chi connectivity index (χ3n) is 5.32. The van der Waals surface area contributed by atoms with E-state index < -0.39 is 0 Å². The third kappa shape index (κ3) is 3.58. The molecular formula is C25H19FN6. The van der Waals surface area contributed by atoms with Crippen molar-refractivity contribution in [3.8, 4) is 33.9 Å². The summed E-state index contributed by atoms with van der Waals surface area (Å²) < 4.78 is 14.9. The molecule has 0 amide bonds. The van der Waals surface area contributed by atoms with Gasteiger partial charge in [-0.3, -0.25) is 9.97 Å². The van der Waals surface area contributed by atoms with Gasteiger partial charge in [0, 0.05) is 35.3 Å². The van der Waals surface area contributed by atoms with Gasteiger partial charge in [-0.1, -0.05) is 6.07 Å². The highest BCUT2D eigenvalue weighted by Gasteiger charge is 2.18. The maximum atomic E-state index is 14.9. The van der Waals surface area contributed by atoms with Gasteiger partial charge in [0.2, 0.25) is 0 Å². The zero-order valence-electron chi connectivity index (χ0n) is 17.8. The van der Waals surface area contributed by atoms with Crippen LogP contribution >= 0.6 is 0 Å². The van der Waals surface area contributed by atoms with Crippen LogP contribution in [0.4, 0.5) is 4.39 Å². The molecule has 0 unspecified atom stereocenters. The molecule has 4 aromatic heterocycles. The first kappa shape index (κ1) is 19.8. The molecule has 0 saturated heterocycles. The zero-order chi connectivity index (χ0) is 22.2. The molecule has 0 N–H and O–H groups in total. The number of hydrogen-bond donors (Lipinski definition) is 0. The second kappa shape index (κ2) is 7.85. The van der Waals surface area contributed by atoms with Crippen molar-refractivity contribution in [2.75, 3.05) is 0 Å². The number of aromatic nitrogens is 6. The quantitative estimate of drug-likeness (QED) is 0.394. The van der Waals surface area contributed by atoms with Gasteiger partial charge in [0.15, 0.2) is 11.5 Å². The standard InChI is InChI=1S/C25H19FN6/c1-14-4-5-19(20(26)12-14)22-23-25(30-16(3)15(2)29-23)32-24(31-22)18-8-11-28-21(13-18)17-6-9-27-10-7-17/h4-13H,1-3H3. The molecule has 0 aliphatic heterocycles. The molecule has 0 bridgehead atoms. The predicted octanol–water partition coefficient (Wildman–Crippen LogP) is 5.28. The first-order valence-electron chi connectivity index (χ1n) is 10.2. The lowest BCUT2D eigenvalue weighted by Gasteiger charge is -2.11. The SMILES string of the molecule is Cc1ccc(-c2nc(-c3ccnc(-c4ccncc4)c3)nc3nc(C)c(C)nc23)c(F)c1. The normalized spacial score (nSPS) is 11.1. The number of nitrogens with zero attached hydrogens (tertiary/aromatic N) is 6. The zero-order valence-corrected chi connectivity index (χ0v) is 17.8. The van der Waals surface area contributed by atoms with E-state index in [1.807, 2.05) is 51.1 Å². The number of benzene rings is 1. The third-order valence-corrected chi connectivity index (χ3v) is 5.32. The Balaban J connectivity index is 1.76. The Labute approximate surface area is 184 Å². The number of halogens is 1. The fraction of sp³-hybridized carbons (Fsp3) is 0.120. The molecule has 32 heavy (non-hydrogen) atoms. The van der Waals surface area contributed by atoms with E-state index in [1.54, 1.807) is 24.7 Å². The molecule has 0 atom stereocenters. The summed E-state index contributed by atoms with van der Waals surface area (Å²) in [5.41, 5.74) is 6.49. The molecule has 0 spiro atoms. The van der Waals surface area contributed by atoms with Gasteiger partial charge in [-0.2, -0.15) is 0 Å². The van der Waals surface area contributed by atoms with Crippen LogP contribution in [0, 0.1) is 26.6 Å². The minimum atomic E-state index is -0.358. The van der Waals surface area contributed by atoms with Gasteiger partial charge in [0.05, 0.1) is 17.1 Å². The molecule has 4 heterocycles. The predicted molar refractivity (Wildman–Crippen MR) is 121 cm³/mol. The highest BCUT2D eigenvalue weighted by Crippen LogP contribution is 2.31. The molecule has 6 nitrogen and oxygen atoms in total. The Hall–Kier alpha value is -4.13. The monoisotopic (exact) mass is 422 g/mol. The highest BCUT2D eigenvalue weighted by atomic mass is 19.1. The summed E-state index contributed by atoms with van der Waals surface area (Å²) in [6.45, 7) is 5.60. The van der Waals surface area contributed by atoms with Crippen molar-refractivity contribution in [1.29, 1.82) is 0 Å². The van der Waals surface area contributed by atoms with Crippen LogP contribution in [0.25, 0.3) is 45.1 Å². The molecule has 0 aliphatic carbocycles. The number of fused-ring (bicyclic) bond motifs is 1. The lowest BCUT2D eigenvalue weighted by molar-refractivity contribution is 0.629. The first-order valence-corrected chi connectivity index (χ1v) is 10.2. The summed E-state index contributed by atoms with van der Waals surface area (Å²) in [5, 5.41) is 0. The molecule has 0 radical (unpaired) electrons. The Morgan fingerprint density at radius 3 is 2.25 bits per heavy atom. The van der Waals surface area contributed by atoms with Gasteiger partial charge in [0.1, 0.15) is 17.0 Å². The molecule has 0 saturated carbocycles. The van der Waals surface area contributed by atoms with Crippen molar-refractivity contribution in [3.63, 3.8) is 0 Å². The van der Waals surface area contributed by atoms with E-state index in [1.165, 1.54) is 6.07 Å². The van der Waals surface area contributed by atoms with E-state index in [4.69, 9.17) is 4.98 Å². The van der Waals surface area contributed by atoms with Crippen molar-refractivity contribution in [2.24, 2.45) is 0 Å². The van der Waals surface area contributed by atoms with E-state index in [0.717, 1.165) is 33.8 Å². The molecule has 1 aromatic carbocycles. The second-order valence-electron chi connectivity index (χ2n) is 7.61. The number of rotatable bonds is 3. The molecule has 7 heteroatoms. The highest BCUT2D eigenvalue weighted by molar-refractivity contribution is 5.89. The lowest BCUT2D eigenvalue weighted by Crippen LogP contribution is -2.03. The molecule has 5 aromatic rings. The van der Waals surface area contributed by atoms with Gasteiger partial charge >= 0.3 is 0 Å². The van der Waals surface area contributed by atoms with Crippen molar-refractivity contribution < 1.29 is 4.39 Å². The van der Waals surface area contributed by atoms with Gasteiger partial charge in [0.25, 0.3) is 0 Å². The van der Waals surface area contributed by atoms with Crippen LogP contribution in [0.5, 0.6) is 0 Å². The van der Waals surface area contributed by atoms with Crippen LogP contribution < -0.4 is 0 Å². The molecule has 156 valence electrons. The minimum absolute atomic E-state index is 0.358. The number of pyridine rings is 2. The van der Waals surface area contributed by atoms with Crippen LogP contribution in [0.1, 0.15) is 17.0 Å². The maximum absolute atomic E-state index is 14.9. The van der Waals surface area contributed by atoms with E-state index in [2.05, 4.69) is 24.9 Å². The largest absolute Gasteiger partial charge is 0.265 e. The number of aryl methyl sites for hydroxylation is 3. The van der Waals surface area contributed by atoms with Gasteiger partial charge in [-0.05, 0) is 62.7 Å². The Morgan fingerprint density at radius 2 is 1.47 bits per heavy atom. The van der Waals surface area contributed by atoms with Crippen LogP contribution in [0.2, 0.25) is 0 Å². The average molecular weight is 422 g/mol. The van der Waals surface area contributed by atoms with Crippen LogP contribution in [0.3, 0.4) is 0 Å². The summed E-state index contributed by atoms with van der Waals surface area (Å²) in [6, 6.07) is 12.6. The van der Waals surface area contributed by atoms with Crippen molar-refractivity contribution in [3.05, 3.63) is 83.8 Å². The molecule has 0 fully saturated rings. The van der Waals surface area contributed by atoms with Gasteiger partial charge in [-0.25, -0.2) is 24.3 Å². The molecular weight excluding hydrogens is 403 g/mol. The molecule has 0 aliphatic rings. The summed E-state index contributed by atoms with van der Waals surface area (Å²) in [7, 11) is 0. The van der Waals surface area contributed by atoms with Crippen molar-refractivity contribution >= 4 is 11.2 Å². The summed E-state index contributed by atoms with van der Waals surface area (Å²) in [5.74, 6) is 0.0749. The summed E-state index contributed by atoms with van der Waals surface area (Å²) in [6.07, 6.45) is 5.14. The average Bonchev–Trinajstić information content (AvgIpc) is 2.80. The second-order valence-corrected chi connectivity index (χ2v) is 7.61. The van der Waals surface area contributed by atoms with E-state index in [-0.39, 0.29) is 5.82 Å². The minimum Gasteiger partial charge on any atom is -0.265 e. The Bertz CT molecular complexity index is 1470. The van der Waals surface area contributed by atoms with Gasteiger partial charge < -0.3 is 0 Å².